The summed E-state index contributed by atoms with van der Waals surface area (Å²) in [5.74, 6) is 0. The zero-order valence-electron chi connectivity index (χ0n) is 8.47. The molecule has 0 aliphatic carbocycles. The first-order valence-electron chi connectivity index (χ1n) is 4.69. The van der Waals surface area contributed by atoms with Crippen LogP contribution in [-0.4, -0.2) is 22.7 Å². The van der Waals surface area contributed by atoms with Gasteiger partial charge in [-0.2, -0.15) is 0 Å². The molecule has 1 rings (SSSR count). The van der Waals surface area contributed by atoms with Crippen molar-refractivity contribution in [2.75, 3.05) is 6.61 Å². The predicted molar refractivity (Wildman–Crippen MR) is 59.0 cm³/mol. The third-order valence-electron chi connectivity index (χ3n) is 2.04. The normalized spacial score (nSPS) is 12.7. The molecule has 0 fully saturated rings. The Balaban J connectivity index is 2.40. The van der Waals surface area contributed by atoms with E-state index in [-0.39, 0.29) is 22.6 Å². The maximum Gasteiger partial charge on any atom is 0.324 e. The quantitative estimate of drug-likeness (QED) is 0.574. The second-order valence-corrected chi connectivity index (χ2v) is 4.23. The summed E-state index contributed by atoms with van der Waals surface area (Å²) in [4.78, 5) is 10.0. The topological polar surface area (TPSA) is 75.4 Å². The number of thiophene rings is 1. The molecular weight excluding hydrogens is 216 g/mol. The fraction of sp³-hybridized carbons (Fsp3) is 0.556. The van der Waals surface area contributed by atoms with Crippen molar-refractivity contribution in [3.63, 3.8) is 0 Å². The second-order valence-electron chi connectivity index (χ2n) is 3.34. The fourth-order valence-electron chi connectivity index (χ4n) is 1.14. The van der Waals surface area contributed by atoms with Gasteiger partial charge < -0.3 is 10.4 Å². The van der Waals surface area contributed by atoms with E-state index in [0.717, 1.165) is 16.9 Å². The van der Waals surface area contributed by atoms with Crippen molar-refractivity contribution < 1.29 is 10.0 Å². The van der Waals surface area contributed by atoms with Gasteiger partial charge in [0.05, 0.1) is 4.92 Å². The number of hydrogen-bond acceptors (Lipinski definition) is 5. The van der Waals surface area contributed by atoms with E-state index >= 15 is 0 Å². The van der Waals surface area contributed by atoms with Gasteiger partial charge in [0.1, 0.15) is 0 Å². The molecule has 1 aromatic rings. The lowest BCUT2D eigenvalue weighted by Crippen LogP contribution is -2.26. The summed E-state index contributed by atoms with van der Waals surface area (Å²) in [5.41, 5.74) is 0.913. The minimum absolute atomic E-state index is 0.151. The fourth-order valence-corrected chi connectivity index (χ4v) is 1.87. The SMILES string of the molecule is C[C@H](CCO)NCc1csc([N+](=O)[O-])c1. The van der Waals surface area contributed by atoms with Gasteiger partial charge in [0.25, 0.3) is 0 Å². The summed E-state index contributed by atoms with van der Waals surface area (Å²) in [6, 6.07) is 1.79. The van der Waals surface area contributed by atoms with Crippen molar-refractivity contribution >= 4 is 16.3 Å². The van der Waals surface area contributed by atoms with Crippen LogP contribution in [0.4, 0.5) is 5.00 Å². The summed E-state index contributed by atoms with van der Waals surface area (Å²) in [5, 5.41) is 24.2. The van der Waals surface area contributed by atoms with E-state index in [9.17, 15) is 10.1 Å². The Morgan fingerprint density at radius 1 is 1.73 bits per heavy atom. The molecular formula is C9H14N2O3S. The van der Waals surface area contributed by atoms with Gasteiger partial charge in [0.15, 0.2) is 0 Å². The number of rotatable bonds is 6. The molecule has 2 N–H and O–H groups in total. The van der Waals surface area contributed by atoms with Gasteiger partial charge in [-0.3, -0.25) is 10.1 Å². The molecule has 1 aromatic heterocycles. The minimum Gasteiger partial charge on any atom is -0.396 e. The summed E-state index contributed by atoms with van der Waals surface area (Å²) >= 11 is 1.13. The molecule has 84 valence electrons. The van der Waals surface area contributed by atoms with Gasteiger partial charge in [-0.1, -0.05) is 11.3 Å². The van der Waals surface area contributed by atoms with Gasteiger partial charge >= 0.3 is 5.00 Å². The molecule has 0 aromatic carbocycles. The first-order chi connectivity index (χ1) is 7.13. The molecule has 1 atom stereocenters. The van der Waals surface area contributed by atoms with E-state index in [2.05, 4.69) is 5.32 Å². The highest BCUT2D eigenvalue weighted by atomic mass is 32.1. The lowest BCUT2D eigenvalue weighted by Gasteiger charge is -2.10. The van der Waals surface area contributed by atoms with Crippen molar-refractivity contribution in [2.45, 2.75) is 25.9 Å². The number of hydrogen-bond donors (Lipinski definition) is 2. The zero-order chi connectivity index (χ0) is 11.3. The largest absolute Gasteiger partial charge is 0.396 e. The van der Waals surface area contributed by atoms with Gasteiger partial charge in [-0.05, 0) is 18.9 Å². The zero-order valence-corrected chi connectivity index (χ0v) is 9.29. The second kappa shape index (κ2) is 5.79. The molecule has 0 saturated heterocycles. The molecule has 0 radical (unpaired) electrons. The standard InChI is InChI=1S/C9H14N2O3S/c1-7(2-3-12)10-5-8-4-9(11(13)14)15-6-8/h4,6-7,10,12H,2-3,5H2,1H3/t7-/m1/s1. The first kappa shape index (κ1) is 12.1. The van der Waals surface area contributed by atoms with Crippen LogP contribution < -0.4 is 5.32 Å². The third-order valence-corrected chi connectivity index (χ3v) is 2.97. The maximum absolute atomic E-state index is 10.4. The first-order valence-corrected chi connectivity index (χ1v) is 5.57. The van der Waals surface area contributed by atoms with Crippen molar-refractivity contribution in [3.8, 4) is 0 Å². The van der Waals surface area contributed by atoms with E-state index < -0.39 is 0 Å². The molecule has 0 unspecified atom stereocenters. The van der Waals surface area contributed by atoms with Crippen LogP contribution in [0.3, 0.4) is 0 Å². The number of aliphatic hydroxyl groups excluding tert-OH is 1. The molecule has 0 bridgehead atoms. The van der Waals surface area contributed by atoms with E-state index in [0.29, 0.717) is 13.0 Å². The van der Waals surface area contributed by atoms with Crippen molar-refractivity contribution in [1.29, 1.82) is 0 Å². The average Bonchev–Trinajstić information content (AvgIpc) is 2.63. The Labute approximate surface area is 91.9 Å². The van der Waals surface area contributed by atoms with Crippen LogP contribution in [0.1, 0.15) is 18.9 Å². The van der Waals surface area contributed by atoms with E-state index in [1.54, 1.807) is 11.4 Å². The van der Waals surface area contributed by atoms with Gasteiger partial charge in [-0.25, -0.2) is 0 Å². The highest BCUT2D eigenvalue weighted by Crippen LogP contribution is 2.22. The summed E-state index contributed by atoms with van der Waals surface area (Å²) in [7, 11) is 0. The molecule has 0 aliphatic rings. The Bertz CT molecular complexity index is 327. The Hall–Kier alpha value is -0.980. The average molecular weight is 230 g/mol. The minimum atomic E-state index is -0.384. The summed E-state index contributed by atoms with van der Waals surface area (Å²) in [6.45, 7) is 2.72. The van der Waals surface area contributed by atoms with Crippen molar-refractivity contribution in [2.24, 2.45) is 0 Å². The predicted octanol–water partition coefficient (Wildman–Crippen LogP) is 1.52. The van der Waals surface area contributed by atoms with Gasteiger partial charge in [0, 0.05) is 30.6 Å². The molecule has 0 spiro atoms. The van der Waals surface area contributed by atoms with Gasteiger partial charge in [-0.15, -0.1) is 0 Å². The Morgan fingerprint density at radius 3 is 3.00 bits per heavy atom. The number of aliphatic hydroxyl groups is 1. The van der Waals surface area contributed by atoms with E-state index in [4.69, 9.17) is 5.11 Å². The molecule has 1 heterocycles. The summed E-state index contributed by atoms with van der Waals surface area (Å²) in [6.07, 6.45) is 0.687. The van der Waals surface area contributed by atoms with Crippen LogP contribution in [0, 0.1) is 10.1 Å². The lowest BCUT2D eigenvalue weighted by molar-refractivity contribution is -0.380. The van der Waals surface area contributed by atoms with Crippen LogP contribution in [0.5, 0.6) is 0 Å². The van der Waals surface area contributed by atoms with E-state index in [1.807, 2.05) is 6.92 Å². The molecule has 0 amide bonds. The van der Waals surface area contributed by atoms with Crippen LogP contribution in [0.15, 0.2) is 11.4 Å². The number of nitrogens with zero attached hydrogens (tertiary/aromatic N) is 1. The Morgan fingerprint density at radius 2 is 2.47 bits per heavy atom. The molecule has 0 aliphatic heterocycles. The molecule has 0 saturated carbocycles. The van der Waals surface area contributed by atoms with E-state index in [1.165, 1.54) is 0 Å². The maximum atomic E-state index is 10.4. The van der Waals surface area contributed by atoms with Crippen molar-refractivity contribution in [3.05, 3.63) is 27.1 Å². The van der Waals surface area contributed by atoms with Crippen LogP contribution in [-0.2, 0) is 6.54 Å². The molecule has 5 nitrogen and oxygen atoms in total. The third kappa shape index (κ3) is 3.94. The summed E-state index contributed by atoms with van der Waals surface area (Å²) < 4.78 is 0. The van der Waals surface area contributed by atoms with Crippen LogP contribution >= 0.6 is 11.3 Å². The highest BCUT2D eigenvalue weighted by molar-refractivity contribution is 7.13. The van der Waals surface area contributed by atoms with Gasteiger partial charge in [0.2, 0.25) is 0 Å². The molecule has 15 heavy (non-hydrogen) atoms. The number of nitro groups is 1. The van der Waals surface area contributed by atoms with Crippen LogP contribution in [0.25, 0.3) is 0 Å². The highest BCUT2D eigenvalue weighted by Gasteiger charge is 2.09. The Kier molecular flexibility index (Phi) is 4.67. The monoisotopic (exact) mass is 230 g/mol. The van der Waals surface area contributed by atoms with Crippen molar-refractivity contribution in [1.82, 2.24) is 5.32 Å². The number of nitrogens with one attached hydrogen (secondary N) is 1. The lowest BCUT2D eigenvalue weighted by atomic mass is 10.2. The van der Waals surface area contributed by atoms with Crippen LogP contribution in [0.2, 0.25) is 0 Å². The molecule has 6 heteroatoms. The smallest absolute Gasteiger partial charge is 0.324 e.